The minimum Gasteiger partial charge on any atom is -0.389 e. The highest BCUT2D eigenvalue weighted by atomic mass is 32.1. The van der Waals surface area contributed by atoms with Crippen molar-refractivity contribution in [2.45, 2.75) is 19.3 Å². The van der Waals surface area contributed by atoms with Crippen LogP contribution in [0.3, 0.4) is 0 Å². The van der Waals surface area contributed by atoms with Gasteiger partial charge in [0.2, 0.25) is 0 Å². The number of rotatable bonds is 7. The molecule has 0 amide bonds. The maximum absolute atomic E-state index is 10.1. The summed E-state index contributed by atoms with van der Waals surface area (Å²) in [7, 11) is 0. The Morgan fingerprint density at radius 1 is 1.23 bits per heavy atom. The van der Waals surface area contributed by atoms with E-state index in [-0.39, 0.29) is 0 Å². The number of aliphatic hydroxyl groups is 1. The molecule has 3 aromatic rings. The van der Waals surface area contributed by atoms with E-state index in [9.17, 15) is 5.11 Å². The van der Waals surface area contributed by atoms with Crippen LogP contribution in [0.1, 0.15) is 4.88 Å². The molecule has 0 saturated carbocycles. The molecule has 114 valence electrons. The van der Waals surface area contributed by atoms with Crippen LogP contribution in [-0.4, -0.2) is 32.4 Å². The van der Waals surface area contributed by atoms with Crippen molar-refractivity contribution in [3.8, 4) is 11.4 Å². The van der Waals surface area contributed by atoms with Gasteiger partial charge in [-0.1, -0.05) is 6.07 Å². The van der Waals surface area contributed by atoms with Crippen LogP contribution in [-0.2, 0) is 17.9 Å². The number of nitrogens with zero attached hydrogens (tertiary/aromatic N) is 3. The normalized spacial score (nSPS) is 12.4. The highest BCUT2D eigenvalue weighted by molar-refractivity contribution is 7.09. The lowest BCUT2D eigenvalue weighted by atomic mass is 10.2. The number of pyridine rings is 1. The summed E-state index contributed by atoms with van der Waals surface area (Å²) in [6.45, 7) is 1.28. The van der Waals surface area contributed by atoms with Crippen molar-refractivity contribution >= 4 is 11.3 Å². The molecule has 5 nitrogen and oxygen atoms in total. The monoisotopic (exact) mass is 315 g/mol. The molecular weight excluding hydrogens is 298 g/mol. The summed E-state index contributed by atoms with van der Waals surface area (Å²) in [6.07, 6.45) is 6.48. The summed E-state index contributed by atoms with van der Waals surface area (Å²) < 4.78 is 7.48. The zero-order valence-electron chi connectivity index (χ0n) is 12.0. The van der Waals surface area contributed by atoms with E-state index in [4.69, 9.17) is 4.74 Å². The predicted octanol–water partition coefficient (Wildman–Crippen LogP) is 2.58. The molecule has 3 rings (SSSR count). The van der Waals surface area contributed by atoms with Crippen molar-refractivity contribution in [3.63, 3.8) is 0 Å². The lowest BCUT2D eigenvalue weighted by Gasteiger charge is -2.14. The molecule has 1 N–H and O–H groups in total. The molecule has 22 heavy (non-hydrogen) atoms. The predicted molar refractivity (Wildman–Crippen MR) is 85.4 cm³/mol. The van der Waals surface area contributed by atoms with Gasteiger partial charge in [0.15, 0.2) is 0 Å². The average Bonchev–Trinajstić information content (AvgIpc) is 3.20. The van der Waals surface area contributed by atoms with Crippen molar-refractivity contribution in [1.29, 1.82) is 0 Å². The lowest BCUT2D eigenvalue weighted by molar-refractivity contribution is 0.0215. The van der Waals surface area contributed by atoms with Crippen molar-refractivity contribution in [1.82, 2.24) is 14.5 Å². The minimum absolute atomic E-state index is 0.297. The summed E-state index contributed by atoms with van der Waals surface area (Å²) in [5, 5.41) is 12.2. The first kappa shape index (κ1) is 14.9. The van der Waals surface area contributed by atoms with Crippen LogP contribution in [0.15, 0.2) is 54.4 Å². The average molecular weight is 315 g/mol. The summed E-state index contributed by atoms with van der Waals surface area (Å²) in [6, 6.07) is 7.82. The van der Waals surface area contributed by atoms with Crippen LogP contribution in [0.2, 0.25) is 0 Å². The van der Waals surface area contributed by atoms with E-state index in [2.05, 4.69) is 9.97 Å². The fourth-order valence-corrected chi connectivity index (χ4v) is 2.83. The molecule has 0 aliphatic carbocycles. The summed E-state index contributed by atoms with van der Waals surface area (Å²) >= 11 is 1.65. The molecule has 1 atom stereocenters. The van der Waals surface area contributed by atoms with Crippen molar-refractivity contribution in [2.75, 3.05) is 6.61 Å². The molecule has 6 heteroatoms. The van der Waals surface area contributed by atoms with Gasteiger partial charge in [0, 0.05) is 35.2 Å². The van der Waals surface area contributed by atoms with Gasteiger partial charge in [-0.25, -0.2) is 4.98 Å². The maximum atomic E-state index is 10.1. The highest BCUT2D eigenvalue weighted by Gasteiger charge is 2.11. The van der Waals surface area contributed by atoms with E-state index < -0.39 is 6.10 Å². The molecule has 0 radical (unpaired) electrons. The van der Waals surface area contributed by atoms with Gasteiger partial charge in [-0.15, -0.1) is 11.3 Å². The van der Waals surface area contributed by atoms with Crippen LogP contribution in [0.5, 0.6) is 0 Å². The zero-order chi connectivity index (χ0) is 15.2. The number of hydrogen-bond donors (Lipinski definition) is 1. The van der Waals surface area contributed by atoms with Crippen molar-refractivity contribution in [2.24, 2.45) is 0 Å². The maximum Gasteiger partial charge on any atom is 0.140 e. The van der Waals surface area contributed by atoms with Gasteiger partial charge < -0.3 is 14.4 Å². The van der Waals surface area contributed by atoms with Gasteiger partial charge in [0.05, 0.1) is 25.9 Å². The van der Waals surface area contributed by atoms with E-state index in [1.54, 1.807) is 29.9 Å². The Morgan fingerprint density at radius 3 is 2.86 bits per heavy atom. The van der Waals surface area contributed by atoms with E-state index in [0.29, 0.717) is 19.8 Å². The fourth-order valence-electron chi connectivity index (χ4n) is 2.19. The Hall–Kier alpha value is -2.02. The number of ether oxygens (including phenoxy) is 1. The Morgan fingerprint density at radius 2 is 2.09 bits per heavy atom. The smallest absolute Gasteiger partial charge is 0.140 e. The zero-order valence-corrected chi connectivity index (χ0v) is 12.8. The third-order valence-corrected chi connectivity index (χ3v) is 4.05. The quantitative estimate of drug-likeness (QED) is 0.728. The minimum atomic E-state index is -0.574. The SMILES string of the molecule is O[C@H](COCc1cccs1)Cn1ccnc1-c1ccncc1. The van der Waals surface area contributed by atoms with Gasteiger partial charge in [-0.3, -0.25) is 4.98 Å². The van der Waals surface area contributed by atoms with Crippen molar-refractivity contribution in [3.05, 3.63) is 59.3 Å². The van der Waals surface area contributed by atoms with Gasteiger partial charge in [-0.2, -0.15) is 0 Å². The summed E-state index contributed by atoms with van der Waals surface area (Å²) in [5.74, 6) is 0.819. The Balaban J connectivity index is 1.56. The summed E-state index contributed by atoms with van der Waals surface area (Å²) in [5.41, 5.74) is 0.978. The van der Waals surface area contributed by atoms with Crippen LogP contribution >= 0.6 is 11.3 Å². The first-order valence-corrected chi connectivity index (χ1v) is 7.90. The van der Waals surface area contributed by atoms with Gasteiger partial charge in [-0.05, 0) is 23.6 Å². The second kappa shape index (κ2) is 7.31. The third kappa shape index (κ3) is 3.79. The first-order chi connectivity index (χ1) is 10.8. The molecular formula is C16H17N3O2S. The van der Waals surface area contributed by atoms with E-state index in [0.717, 1.165) is 16.3 Å². The molecule has 0 aliphatic rings. The van der Waals surface area contributed by atoms with Gasteiger partial charge >= 0.3 is 0 Å². The number of imidazole rings is 1. The molecule has 0 unspecified atom stereocenters. The second-order valence-corrected chi connectivity index (χ2v) is 5.92. The highest BCUT2D eigenvalue weighted by Crippen LogP contribution is 2.16. The Labute approximate surface area is 132 Å². The Kier molecular flexibility index (Phi) is 4.95. The van der Waals surface area contributed by atoms with Crippen LogP contribution < -0.4 is 0 Å². The van der Waals surface area contributed by atoms with Crippen LogP contribution in [0.4, 0.5) is 0 Å². The second-order valence-electron chi connectivity index (χ2n) is 4.89. The molecule has 0 fully saturated rings. The molecule has 3 aromatic heterocycles. The molecule has 3 heterocycles. The van der Waals surface area contributed by atoms with Gasteiger partial charge in [0.1, 0.15) is 5.82 Å². The number of hydrogen-bond acceptors (Lipinski definition) is 5. The topological polar surface area (TPSA) is 60.2 Å². The largest absolute Gasteiger partial charge is 0.389 e. The summed E-state index contributed by atoms with van der Waals surface area (Å²) in [4.78, 5) is 9.51. The fraction of sp³-hybridized carbons (Fsp3) is 0.250. The van der Waals surface area contributed by atoms with Crippen LogP contribution in [0.25, 0.3) is 11.4 Å². The van der Waals surface area contributed by atoms with E-state index >= 15 is 0 Å². The number of aliphatic hydroxyl groups excluding tert-OH is 1. The van der Waals surface area contributed by atoms with E-state index in [1.807, 2.05) is 40.4 Å². The lowest BCUT2D eigenvalue weighted by Crippen LogP contribution is -2.22. The number of aromatic nitrogens is 3. The third-order valence-electron chi connectivity index (χ3n) is 3.20. The van der Waals surface area contributed by atoms with E-state index in [1.165, 1.54) is 0 Å². The molecule has 0 aliphatic heterocycles. The Bertz CT molecular complexity index is 683. The number of thiophene rings is 1. The molecule has 0 saturated heterocycles. The van der Waals surface area contributed by atoms with Gasteiger partial charge in [0.25, 0.3) is 0 Å². The standard InChI is InChI=1S/C16H17N3O2S/c20-14(11-21-12-15-2-1-9-22-15)10-19-8-7-18-16(19)13-3-5-17-6-4-13/h1-9,14,20H,10-12H2/t14-/m0/s1. The van der Waals surface area contributed by atoms with Crippen molar-refractivity contribution < 1.29 is 9.84 Å². The van der Waals surface area contributed by atoms with Crippen LogP contribution in [0, 0.1) is 0 Å². The first-order valence-electron chi connectivity index (χ1n) is 7.02. The molecule has 0 aromatic carbocycles. The molecule has 0 spiro atoms. The molecule has 0 bridgehead atoms.